The zero-order chi connectivity index (χ0) is 14.4. The Labute approximate surface area is 121 Å². The highest BCUT2D eigenvalue weighted by Gasteiger charge is 2.05. The number of hydrogen-bond donors (Lipinski definition) is 2. The fourth-order valence-corrected chi connectivity index (χ4v) is 1.73. The monoisotopic (exact) mass is 291 g/mol. The fourth-order valence-electron chi connectivity index (χ4n) is 1.56. The number of carbonyl (C=O) groups is 1. The topological polar surface area (TPSA) is 79.8 Å². The Kier molecular flexibility index (Phi) is 4.84. The van der Waals surface area contributed by atoms with Gasteiger partial charge in [0.05, 0.1) is 6.20 Å². The molecule has 0 aliphatic rings. The molecule has 0 spiro atoms. The number of hydrogen-bond acceptors (Lipinski definition) is 5. The minimum Gasteiger partial charge on any atom is -0.368 e. The van der Waals surface area contributed by atoms with Gasteiger partial charge in [-0.1, -0.05) is 17.7 Å². The first-order chi connectivity index (χ1) is 9.65. The lowest BCUT2D eigenvalue weighted by atomic mass is 10.3. The summed E-state index contributed by atoms with van der Waals surface area (Å²) >= 11 is 5.89. The maximum Gasteiger partial charge on any atom is 0.227 e. The fraction of sp³-hybridized carbons (Fsp3) is 0.231. The molecule has 0 atom stereocenters. The van der Waals surface area contributed by atoms with Crippen molar-refractivity contribution in [3.05, 3.63) is 41.4 Å². The van der Waals surface area contributed by atoms with Crippen molar-refractivity contribution in [2.24, 2.45) is 0 Å². The molecule has 104 valence electrons. The van der Waals surface area contributed by atoms with Gasteiger partial charge in [0.25, 0.3) is 0 Å². The number of nitrogens with zero attached hydrogens (tertiary/aromatic N) is 3. The van der Waals surface area contributed by atoms with Crippen molar-refractivity contribution in [3.63, 3.8) is 0 Å². The molecule has 2 N–H and O–H groups in total. The van der Waals surface area contributed by atoms with Crippen LogP contribution >= 0.6 is 11.6 Å². The molecule has 1 amide bonds. The molecule has 0 radical (unpaired) electrons. The van der Waals surface area contributed by atoms with Gasteiger partial charge in [-0.3, -0.25) is 4.79 Å². The van der Waals surface area contributed by atoms with Gasteiger partial charge in [0.1, 0.15) is 23.0 Å². The van der Waals surface area contributed by atoms with Gasteiger partial charge < -0.3 is 10.6 Å². The maximum absolute atomic E-state index is 11.7. The molecule has 0 saturated heterocycles. The van der Waals surface area contributed by atoms with Crippen molar-refractivity contribution in [2.45, 2.75) is 13.3 Å². The van der Waals surface area contributed by atoms with E-state index in [1.807, 2.05) is 19.1 Å². The van der Waals surface area contributed by atoms with E-state index in [0.717, 1.165) is 5.69 Å². The molecule has 2 rings (SSSR count). The van der Waals surface area contributed by atoms with Gasteiger partial charge in [-0.05, 0) is 19.1 Å². The molecule has 7 heteroatoms. The maximum atomic E-state index is 11.7. The highest BCUT2D eigenvalue weighted by molar-refractivity contribution is 6.32. The lowest BCUT2D eigenvalue weighted by molar-refractivity contribution is -0.116. The van der Waals surface area contributed by atoms with Crippen LogP contribution < -0.4 is 10.6 Å². The van der Waals surface area contributed by atoms with Crippen molar-refractivity contribution in [3.8, 4) is 0 Å². The van der Waals surface area contributed by atoms with E-state index in [0.29, 0.717) is 23.2 Å². The third-order valence-corrected chi connectivity index (χ3v) is 2.74. The number of aryl methyl sites for hydroxylation is 1. The van der Waals surface area contributed by atoms with E-state index in [-0.39, 0.29) is 12.3 Å². The summed E-state index contributed by atoms with van der Waals surface area (Å²) in [5.74, 6) is 0.944. The SMILES string of the molecule is Cc1cccc(NC(=O)CCNc2ncncc2Cl)n1. The summed E-state index contributed by atoms with van der Waals surface area (Å²) < 4.78 is 0. The van der Waals surface area contributed by atoms with Gasteiger partial charge in [0, 0.05) is 18.7 Å². The van der Waals surface area contributed by atoms with Crippen molar-refractivity contribution >= 4 is 29.1 Å². The van der Waals surface area contributed by atoms with Gasteiger partial charge in [0.2, 0.25) is 5.91 Å². The Morgan fingerprint density at radius 1 is 1.40 bits per heavy atom. The molecule has 0 unspecified atom stereocenters. The predicted molar refractivity (Wildman–Crippen MR) is 77.8 cm³/mol. The molecule has 2 aromatic heterocycles. The Morgan fingerprint density at radius 2 is 2.25 bits per heavy atom. The predicted octanol–water partition coefficient (Wildman–Crippen LogP) is 2.27. The van der Waals surface area contributed by atoms with Crippen molar-refractivity contribution in [1.29, 1.82) is 0 Å². The normalized spacial score (nSPS) is 10.1. The van der Waals surface area contributed by atoms with Crippen molar-refractivity contribution in [1.82, 2.24) is 15.0 Å². The lowest BCUT2D eigenvalue weighted by Crippen LogP contribution is -2.17. The number of aromatic nitrogens is 3. The van der Waals surface area contributed by atoms with Gasteiger partial charge in [-0.15, -0.1) is 0 Å². The first kappa shape index (κ1) is 14.2. The quantitative estimate of drug-likeness (QED) is 0.883. The molecule has 0 aromatic carbocycles. The van der Waals surface area contributed by atoms with Crippen LogP contribution in [0.1, 0.15) is 12.1 Å². The van der Waals surface area contributed by atoms with Crippen LogP contribution in [-0.2, 0) is 4.79 Å². The average molecular weight is 292 g/mol. The number of halogens is 1. The lowest BCUT2D eigenvalue weighted by Gasteiger charge is -2.07. The summed E-state index contributed by atoms with van der Waals surface area (Å²) in [6.07, 6.45) is 3.18. The molecular weight excluding hydrogens is 278 g/mol. The van der Waals surface area contributed by atoms with Crippen LogP contribution in [0.3, 0.4) is 0 Å². The van der Waals surface area contributed by atoms with Gasteiger partial charge in [-0.25, -0.2) is 15.0 Å². The molecule has 0 aliphatic heterocycles. The van der Waals surface area contributed by atoms with E-state index >= 15 is 0 Å². The number of nitrogens with one attached hydrogen (secondary N) is 2. The van der Waals surface area contributed by atoms with Gasteiger partial charge in [-0.2, -0.15) is 0 Å². The van der Waals surface area contributed by atoms with Crippen LogP contribution in [0.5, 0.6) is 0 Å². The summed E-state index contributed by atoms with van der Waals surface area (Å²) in [5, 5.41) is 6.13. The number of carbonyl (C=O) groups excluding carboxylic acids is 1. The Bertz CT molecular complexity index is 605. The molecule has 0 fully saturated rings. The molecule has 2 heterocycles. The van der Waals surface area contributed by atoms with Crippen molar-refractivity contribution < 1.29 is 4.79 Å². The summed E-state index contributed by atoms with van der Waals surface area (Å²) in [7, 11) is 0. The van der Waals surface area contributed by atoms with E-state index in [4.69, 9.17) is 11.6 Å². The van der Waals surface area contributed by atoms with Crippen LogP contribution in [0.25, 0.3) is 0 Å². The average Bonchev–Trinajstić information content (AvgIpc) is 2.41. The molecule has 20 heavy (non-hydrogen) atoms. The minimum atomic E-state index is -0.124. The number of anilines is 2. The molecule has 0 saturated carbocycles. The number of pyridine rings is 1. The number of amides is 1. The van der Waals surface area contributed by atoms with Crippen LogP contribution in [0.2, 0.25) is 5.02 Å². The molecule has 0 aliphatic carbocycles. The summed E-state index contributed by atoms with van der Waals surface area (Å²) in [5.41, 5.74) is 0.855. The van der Waals surface area contributed by atoms with E-state index in [1.165, 1.54) is 12.5 Å². The van der Waals surface area contributed by atoms with Crippen LogP contribution in [0, 0.1) is 6.92 Å². The Balaban J connectivity index is 1.80. The van der Waals surface area contributed by atoms with E-state index < -0.39 is 0 Å². The molecular formula is C13H14ClN5O. The Hall–Kier alpha value is -2.21. The summed E-state index contributed by atoms with van der Waals surface area (Å²) in [4.78, 5) is 23.7. The third kappa shape index (κ3) is 4.17. The zero-order valence-corrected chi connectivity index (χ0v) is 11.7. The molecule has 0 bridgehead atoms. The number of rotatable bonds is 5. The highest BCUT2D eigenvalue weighted by atomic mass is 35.5. The summed E-state index contributed by atoms with van der Waals surface area (Å²) in [6.45, 7) is 2.29. The van der Waals surface area contributed by atoms with Crippen LogP contribution in [-0.4, -0.2) is 27.4 Å². The van der Waals surface area contributed by atoms with Crippen molar-refractivity contribution in [2.75, 3.05) is 17.2 Å². The largest absolute Gasteiger partial charge is 0.368 e. The highest BCUT2D eigenvalue weighted by Crippen LogP contribution is 2.15. The van der Waals surface area contributed by atoms with E-state index in [2.05, 4.69) is 25.6 Å². The van der Waals surface area contributed by atoms with Gasteiger partial charge in [0.15, 0.2) is 0 Å². The Morgan fingerprint density at radius 3 is 3.00 bits per heavy atom. The molecule has 2 aromatic rings. The van der Waals surface area contributed by atoms with Crippen LogP contribution in [0.15, 0.2) is 30.7 Å². The second kappa shape index (κ2) is 6.81. The standard InChI is InChI=1S/C13H14ClN5O/c1-9-3-2-4-11(18-9)19-12(20)5-6-16-13-10(14)7-15-8-17-13/h2-4,7-8H,5-6H2,1H3,(H,15,16,17)(H,18,19,20). The van der Waals surface area contributed by atoms with Gasteiger partial charge >= 0.3 is 0 Å². The smallest absolute Gasteiger partial charge is 0.227 e. The van der Waals surface area contributed by atoms with E-state index in [1.54, 1.807) is 6.07 Å². The summed E-state index contributed by atoms with van der Waals surface area (Å²) in [6, 6.07) is 5.46. The molecule has 6 nitrogen and oxygen atoms in total. The second-order valence-electron chi connectivity index (χ2n) is 4.11. The zero-order valence-electron chi connectivity index (χ0n) is 10.9. The third-order valence-electron chi connectivity index (χ3n) is 2.47. The first-order valence-corrected chi connectivity index (χ1v) is 6.46. The minimum absolute atomic E-state index is 0.124. The first-order valence-electron chi connectivity index (χ1n) is 6.08. The second-order valence-corrected chi connectivity index (χ2v) is 4.52. The van der Waals surface area contributed by atoms with E-state index in [9.17, 15) is 4.79 Å². The van der Waals surface area contributed by atoms with Crippen LogP contribution in [0.4, 0.5) is 11.6 Å².